The fourth-order valence-electron chi connectivity index (χ4n) is 6.04. The van der Waals surface area contributed by atoms with Crippen molar-refractivity contribution < 1.29 is 4.39 Å². The van der Waals surface area contributed by atoms with Crippen molar-refractivity contribution in [1.29, 1.82) is 0 Å². The minimum absolute atomic E-state index is 0.227. The average Bonchev–Trinajstić information content (AvgIpc) is 3.50. The molecule has 0 unspecified atom stereocenters. The highest BCUT2D eigenvalue weighted by molar-refractivity contribution is 6.12. The van der Waals surface area contributed by atoms with Crippen molar-refractivity contribution in [2.24, 2.45) is 0 Å². The van der Waals surface area contributed by atoms with Crippen LogP contribution in [0.15, 0.2) is 140 Å². The van der Waals surface area contributed by atoms with Crippen LogP contribution in [0.3, 0.4) is 0 Å². The van der Waals surface area contributed by atoms with Crippen molar-refractivity contribution in [3.05, 3.63) is 145 Å². The Hall–Kier alpha value is -5.15. The highest BCUT2D eigenvalue weighted by atomic mass is 19.1. The van der Waals surface area contributed by atoms with Crippen LogP contribution >= 0.6 is 0 Å². The molecule has 3 heteroatoms. The van der Waals surface area contributed by atoms with E-state index >= 15 is 0 Å². The van der Waals surface area contributed by atoms with Gasteiger partial charge < -0.3 is 9.13 Å². The molecule has 0 amide bonds. The maximum absolute atomic E-state index is 14.5. The zero-order valence-corrected chi connectivity index (χ0v) is 21.1. The highest BCUT2D eigenvalue weighted by Gasteiger charge is 2.16. The SMILES string of the molecule is Fc1ccc2c(c1)c1cc(-c3ccc4c(c3)c3ccccc3n4-c3ccccc3)ccc1n2-c1ccccc1. The molecule has 0 atom stereocenters. The number of halogens is 1. The molecule has 39 heavy (non-hydrogen) atoms. The largest absolute Gasteiger partial charge is 0.309 e. The van der Waals surface area contributed by atoms with E-state index in [0.29, 0.717) is 0 Å². The molecular formula is C36H23FN2. The van der Waals surface area contributed by atoms with Gasteiger partial charge in [0.05, 0.1) is 22.1 Å². The molecule has 0 fully saturated rings. The van der Waals surface area contributed by atoms with Crippen molar-refractivity contribution in [1.82, 2.24) is 9.13 Å². The molecular weight excluding hydrogens is 479 g/mol. The summed E-state index contributed by atoms with van der Waals surface area (Å²) in [5, 5.41) is 4.39. The van der Waals surface area contributed by atoms with Crippen LogP contribution in [0, 0.1) is 5.82 Å². The predicted molar refractivity (Wildman–Crippen MR) is 161 cm³/mol. The van der Waals surface area contributed by atoms with E-state index in [-0.39, 0.29) is 5.82 Å². The Balaban J connectivity index is 1.37. The molecule has 0 saturated carbocycles. The van der Waals surface area contributed by atoms with E-state index in [9.17, 15) is 4.39 Å². The number of hydrogen-bond acceptors (Lipinski definition) is 0. The van der Waals surface area contributed by atoms with Gasteiger partial charge in [0.15, 0.2) is 0 Å². The summed E-state index contributed by atoms with van der Waals surface area (Å²) in [5.74, 6) is -0.227. The summed E-state index contributed by atoms with van der Waals surface area (Å²) in [6, 6.07) is 47.6. The quantitative estimate of drug-likeness (QED) is 0.228. The molecule has 2 nitrogen and oxygen atoms in total. The molecule has 2 aromatic heterocycles. The van der Waals surface area contributed by atoms with E-state index in [4.69, 9.17) is 0 Å². The minimum Gasteiger partial charge on any atom is -0.309 e. The molecule has 184 valence electrons. The van der Waals surface area contributed by atoms with Gasteiger partial charge in [0.25, 0.3) is 0 Å². The number of aromatic nitrogens is 2. The molecule has 0 spiro atoms. The minimum atomic E-state index is -0.227. The lowest BCUT2D eigenvalue weighted by Crippen LogP contribution is -1.93. The number of para-hydroxylation sites is 3. The number of hydrogen-bond donors (Lipinski definition) is 0. The third-order valence-electron chi connectivity index (χ3n) is 7.76. The summed E-state index contributed by atoms with van der Waals surface area (Å²) in [6.07, 6.45) is 0. The van der Waals surface area contributed by atoms with Crippen molar-refractivity contribution >= 4 is 43.6 Å². The first-order chi connectivity index (χ1) is 19.3. The monoisotopic (exact) mass is 502 g/mol. The molecule has 0 aliphatic rings. The first-order valence-corrected chi connectivity index (χ1v) is 13.1. The Morgan fingerprint density at radius 3 is 1.38 bits per heavy atom. The third-order valence-corrected chi connectivity index (χ3v) is 7.76. The first kappa shape index (κ1) is 21.9. The Labute approximate surface area is 224 Å². The summed E-state index contributed by atoms with van der Waals surface area (Å²) in [6.45, 7) is 0. The van der Waals surface area contributed by atoms with Crippen LogP contribution in [0.1, 0.15) is 0 Å². The molecule has 0 aliphatic carbocycles. The van der Waals surface area contributed by atoms with E-state index < -0.39 is 0 Å². The molecule has 8 aromatic rings. The molecule has 6 aromatic carbocycles. The summed E-state index contributed by atoms with van der Waals surface area (Å²) in [4.78, 5) is 0. The van der Waals surface area contributed by atoms with E-state index in [1.165, 1.54) is 27.9 Å². The Bertz CT molecular complexity index is 2170. The number of benzene rings is 6. The maximum atomic E-state index is 14.5. The summed E-state index contributed by atoms with van der Waals surface area (Å²) >= 11 is 0. The van der Waals surface area contributed by atoms with Gasteiger partial charge in [-0.25, -0.2) is 4.39 Å². The topological polar surface area (TPSA) is 9.86 Å². The van der Waals surface area contributed by atoms with Crippen LogP contribution in [0.25, 0.3) is 66.1 Å². The zero-order chi connectivity index (χ0) is 25.9. The fourth-order valence-corrected chi connectivity index (χ4v) is 6.04. The lowest BCUT2D eigenvalue weighted by molar-refractivity contribution is 0.629. The Morgan fingerprint density at radius 1 is 0.359 bits per heavy atom. The second-order valence-electron chi connectivity index (χ2n) is 9.98. The van der Waals surface area contributed by atoms with Gasteiger partial charge in [-0.1, -0.05) is 66.7 Å². The molecule has 8 rings (SSSR count). The average molecular weight is 503 g/mol. The van der Waals surface area contributed by atoms with Crippen molar-refractivity contribution in [3.8, 4) is 22.5 Å². The van der Waals surface area contributed by atoms with E-state index in [1.807, 2.05) is 30.3 Å². The van der Waals surface area contributed by atoms with Crippen LogP contribution in [0.5, 0.6) is 0 Å². The summed E-state index contributed by atoms with van der Waals surface area (Å²) in [7, 11) is 0. The van der Waals surface area contributed by atoms with Gasteiger partial charge >= 0.3 is 0 Å². The zero-order valence-electron chi connectivity index (χ0n) is 21.1. The molecule has 0 radical (unpaired) electrons. The fraction of sp³-hybridized carbons (Fsp3) is 0. The van der Waals surface area contributed by atoms with Gasteiger partial charge in [0.1, 0.15) is 5.82 Å². The van der Waals surface area contributed by atoms with Crippen molar-refractivity contribution in [2.75, 3.05) is 0 Å². The first-order valence-electron chi connectivity index (χ1n) is 13.1. The van der Waals surface area contributed by atoms with Gasteiger partial charge in [0, 0.05) is 32.9 Å². The van der Waals surface area contributed by atoms with Crippen LogP contribution in [0.2, 0.25) is 0 Å². The van der Waals surface area contributed by atoms with E-state index in [1.54, 1.807) is 6.07 Å². The van der Waals surface area contributed by atoms with E-state index in [0.717, 1.165) is 44.3 Å². The van der Waals surface area contributed by atoms with Gasteiger partial charge in [0.2, 0.25) is 0 Å². The van der Waals surface area contributed by atoms with Gasteiger partial charge in [-0.05, 0) is 83.9 Å². The smallest absolute Gasteiger partial charge is 0.123 e. The molecule has 0 bridgehead atoms. The van der Waals surface area contributed by atoms with Gasteiger partial charge in [-0.3, -0.25) is 0 Å². The van der Waals surface area contributed by atoms with Crippen molar-refractivity contribution in [2.45, 2.75) is 0 Å². The third kappa shape index (κ3) is 3.33. The van der Waals surface area contributed by atoms with Crippen LogP contribution < -0.4 is 0 Å². The number of fused-ring (bicyclic) bond motifs is 6. The van der Waals surface area contributed by atoms with Gasteiger partial charge in [-0.2, -0.15) is 0 Å². The predicted octanol–water partition coefficient (Wildman–Crippen LogP) is 9.69. The Kier molecular flexibility index (Phi) is 4.74. The summed E-state index contributed by atoms with van der Waals surface area (Å²) in [5.41, 5.74) is 8.88. The molecule has 0 N–H and O–H groups in total. The second-order valence-corrected chi connectivity index (χ2v) is 9.98. The van der Waals surface area contributed by atoms with E-state index in [2.05, 4.69) is 106 Å². The second kappa shape index (κ2) is 8.44. The molecule has 0 aliphatic heterocycles. The normalized spacial score (nSPS) is 11.7. The number of nitrogens with zero attached hydrogens (tertiary/aromatic N) is 2. The lowest BCUT2D eigenvalue weighted by Gasteiger charge is -2.09. The molecule has 2 heterocycles. The van der Waals surface area contributed by atoms with Crippen LogP contribution in [-0.4, -0.2) is 9.13 Å². The maximum Gasteiger partial charge on any atom is 0.123 e. The molecule has 0 saturated heterocycles. The van der Waals surface area contributed by atoms with Gasteiger partial charge in [-0.15, -0.1) is 0 Å². The van der Waals surface area contributed by atoms with Crippen LogP contribution in [-0.2, 0) is 0 Å². The van der Waals surface area contributed by atoms with Crippen molar-refractivity contribution in [3.63, 3.8) is 0 Å². The van der Waals surface area contributed by atoms with Crippen LogP contribution in [0.4, 0.5) is 4.39 Å². The highest BCUT2D eigenvalue weighted by Crippen LogP contribution is 2.38. The standard InChI is InChI=1S/C36H23FN2/c37-26-17-20-36-32(23-26)31-22-25(16-19-35(31)39(36)28-11-5-2-6-12-28)24-15-18-34-30(21-24)29-13-7-8-14-33(29)38(34)27-9-3-1-4-10-27/h1-23H. The number of rotatable bonds is 3. The lowest BCUT2D eigenvalue weighted by atomic mass is 10.0. The summed E-state index contributed by atoms with van der Waals surface area (Å²) < 4.78 is 19.0. The Morgan fingerprint density at radius 2 is 0.795 bits per heavy atom.